The molecule has 19 heavy (non-hydrogen) atoms. The van der Waals surface area contributed by atoms with E-state index in [1.54, 1.807) is 4.68 Å². The molecule has 0 spiro atoms. The summed E-state index contributed by atoms with van der Waals surface area (Å²) in [6.07, 6.45) is 3.65. The topological polar surface area (TPSA) is 85.4 Å². The molecule has 98 valence electrons. The Kier molecular flexibility index (Phi) is 3.00. The standard InChI is InChI=1S/C13H16N6/c1-19-13(16-17-18-19)7-9-2-3-12-11(6-9)10(4-5-14)8-15-12/h2-3,6,8,15H,4-5,7,14H2,1H3. The molecule has 6 nitrogen and oxygen atoms in total. The summed E-state index contributed by atoms with van der Waals surface area (Å²) in [5.41, 5.74) is 9.23. The van der Waals surface area contributed by atoms with Crippen molar-refractivity contribution in [1.82, 2.24) is 25.2 Å². The van der Waals surface area contributed by atoms with Crippen LogP contribution in [0.4, 0.5) is 0 Å². The van der Waals surface area contributed by atoms with Gasteiger partial charge in [-0.2, -0.15) is 0 Å². The lowest BCUT2D eigenvalue weighted by Crippen LogP contribution is -2.02. The fourth-order valence-electron chi connectivity index (χ4n) is 2.28. The lowest BCUT2D eigenvalue weighted by molar-refractivity contribution is 0.686. The maximum absolute atomic E-state index is 5.63. The predicted molar refractivity (Wildman–Crippen MR) is 72.7 cm³/mol. The number of tetrazole rings is 1. The lowest BCUT2D eigenvalue weighted by Gasteiger charge is -2.02. The Balaban J connectivity index is 1.96. The number of aryl methyl sites for hydroxylation is 1. The maximum atomic E-state index is 5.63. The molecule has 0 fully saturated rings. The van der Waals surface area contributed by atoms with Gasteiger partial charge >= 0.3 is 0 Å². The van der Waals surface area contributed by atoms with E-state index in [1.165, 1.54) is 16.5 Å². The van der Waals surface area contributed by atoms with Crippen molar-refractivity contribution in [3.8, 4) is 0 Å². The van der Waals surface area contributed by atoms with Crippen molar-refractivity contribution >= 4 is 10.9 Å². The van der Waals surface area contributed by atoms with Gasteiger partial charge in [0, 0.05) is 30.6 Å². The summed E-state index contributed by atoms with van der Waals surface area (Å²) in [6, 6.07) is 6.37. The molecule has 3 N–H and O–H groups in total. The average molecular weight is 256 g/mol. The van der Waals surface area contributed by atoms with Gasteiger partial charge < -0.3 is 10.7 Å². The first-order valence-corrected chi connectivity index (χ1v) is 6.28. The van der Waals surface area contributed by atoms with Gasteiger partial charge in [0.25, 0.3) is 0 Å². The number of nitrogens with zero attached hydrogens (tertiary/aromatic N) is 4. The fraction of sp³-hybridized carbons (Fsp3) is 0.308. The van der Waals surface area contributed by atoms with E-state index < -0.39 is 0 Å². The molecule has 0 bridgehead atoms. The molecule has 3 rings (SSSR count). The molecular weight excluding hydrogens is 240 g/mol. The summed E-state index contributed by atoms with van der Waals surface area (Å²) in [4.78, 5) is 3.27. The monoisotopic (exact) mass is 256 g/mol. The second-order valence-corrected chi connectivity index (χ2v) is 4.63. The summed E-state index contributed by atoms with van der Waals surface area (Å²) in [5, 5.41) is 12.7. The van der Waals surface area contributed by atoms with E-state index in [2.05, 4.69) is 38.7 Å². The highest BCUT2D eigenvalue weighted by molar-refractivity contribution is 5.84. The molecule has 0 amide bonds. The molecule has 0 saturated heterocycles. The summed E-state index contributed by atoms with van der Waals surface area (Å²) in [7, 11) is 1.85. The molecule has 1 aromatic carbocycles. The van der Waals surface area contributed by atoms with Gasteiger partial charge in [0.1, 0.15) is 0 Å². The molecule has 0 aliphatic carbocycles. The number of hydrogen-bond acceptors (Lipinski definition) is 4. The zero-order chi connectivity index (χ0) is 13.2. The van der Waals surface area contributed by atoms with Crippen molar-refractivity contribution in [1.29, 1.82) is 0 Å². The van der Waals surface area contributed by atoms with Gasteiger partial charge in [0.15, 0.2) is 5.82 Å². The minimum Gasteiger partial charge on any atom is -0.361 e. The summed E-state index contributed by atoms with van der Waals surface area (Å²) >= 11 is 0. The van der Waals surface area contributed by atoms with Crippen LogP contribution in [0.5, 0.6) is 0 Å². The van der Waals surface area contributed by atoms with Crippen LogP contribution < -0.4 is 5.73 Å². The molecule has 0 aliphatic rings. The molecule has 0 aliphatic heterocycles. The number of hydrogen-bond donors (Lipinski definition) is 2. The number of nitrogens with two attached hydrogens (primary N) is 1. The van der Waals surface area contributed by atoms with E-state index in [9.17, 15) is 0 Å². The van der Waals surface area contributed by atoms with Gasteiger partial charge in [-0.3, -0.25) is 0 Å². The zero-order valence-electron chi connectivity index (χ0n) is 10.8. The van der Waals surface area contributed by atoms with E-state index in [-0.39, 0.29) is 0 Å². The number of H-pyrrole nitrogens is 1. The fourth-order valence-corrected chi connectivity index (χ4v) is 2.28. The molecule has 0 radical (unpaired) electrons. The molecule has 0 unspecified atom stereocenters. The number of fused-ring (bicyclic) bond motifs is 1. The third kappa shape index (κ3) is 2.22. The number of aromatic nitrogens is 5. The Morgan fingerprint density at radius 3 is 3.00 bits per heavy atom. The largest absolute Gasteiger partial charge is 0.361 e. The van der Waals surface area contributed by atoms with Crippen molar-refractivity contribution in [3.63, 3.8) is 0 Å². The molecule has 0 atom stereocenters. The Hall–Kier alpha value is -2.21. The van der Waals surface area contributed by atoms with E-state index in [4.69, 9.17) is 5.73 Å². The van der Waals surface area contributed by atoms with Crippen LogP contribution >= 0.6 is 0 Å². The molecule has 0 saturated carbocycles. The first-order chi connectivity index (χ1) is 9.28. The van der Waals surface area contributed by atoms with Crippen LogP contribution in [0.25, 0.3) is 10.9 Å². The Labute approximate surface area is 110 Å². The molecule has 2 aromatic heterocycles. The van der Waals surface area contributed by atoms with Gasteiger partial charge in [0.05, 0.1) is 0 Å². The number of nitrogens with one attached hydrogen (secondary N) is 1. The normalized spacial score (nSPS) is 11.3. The summed E-state index contributed by atoms with van der Waals surface area (Å²) in [5.74, 6) is 0.857. The first kappa shape index (κ1) is 11.9. The quantitative estimate of drug-likeness (QED) is 0.722. The lowest BCUT2D eigenvalue weighted by atomic mass is 10.1. The van der Waals surface area contributed by atoms with Crippen LogP contribution in [-0.2, 0) is 19.9 Å². The first-order valence-electron chi connectivity index (χ1n) is 6.28. The van der Waals surface area contributed by atoms with E-state index in [1.807, 2.05) is 13.2 Å². The third-order valence-corrected chi connectivity index (χ3v) is 3.32. The van der Waals surface area contributed by atoms with Gasteiger partial charge in [-0.05, 0) is 46.7 Å². The minimum absolute atomic E-state index is 0.657. The SMILES string of the molecule is Cn1nnnc1Cc1ccc2[nH]cc(CCN)c2c1. The number of rotatable bonds is 4. The predicted octanol–water partition coefficient (Wildman–Crippen LogP) is 0.783. The van der Waals surface area contributed by atoms with Crippen LogP contribution in [-0.4, -0.2) is 31.7 Å². The highest BCUT2D eigenvalue weighted by Gasteiger charge is 2.07. The smallest absolute Gasteiger partial charge is 0.155 e. The maximum Gasteiger partial charge on any atom is 0.155 e. The Morgan fingerprint density at radius 2 is 2.26 bits per heavy atom. The number of aromatic amines is 1. The molecular formula is C13H16N6. The van der Waals surface area contributed by atoms with Gasteiger partial charge in [-0.25, -0.2) is 4.68 Å². The van der Waals surface area contributed by atoms with Gasteiger partial charge in [-0.1, -0.05) is 6.07 Å². The third-order valence-electron chi connectivity index (χ3n) is 3.32. The highest BCUT2D eigenvalue weighted by atomic mass is 15.5. The zero-order valence-corrected chi connectivity index (χ0v) is 10.8. The van der Waals surface area contributed by atoms with Gasteiger partial charge in [0.2, 0.25) is 0 Å². The Morgan fingerprint density at radius 1 is 1.37 bits per heavy atom. The highest BCUT2D eigenvalue weighted by Crippen LogP contribution is 2.21. The van der Waals surface area contributed by atoms with Crippen molar-refractivity contribution in [2.75, 3.05) is 6.54 Å². The second kappa shape index (κ2) is 4.81. The van der Waals surface area contributed by atoms with Crippen molar-refractivity contribution < 1.29 is 0 Å². The summed E-state index contributed by atoms with van der Waals surface area (Å²) in [6.45, 7) is 0.657. The second-order valence-electron chi connectivity index (χ2n) is 4.63. The minimum atomic E-state index is 0.657. The van der Waals surface area contributed by atoms with Crippen LogP contribution in [0.15, 0.2) is 24.4 Å². The van der Waals surface area contributed by atoms with Crippen molar-refractivity contribution in [3.05, 3.63) is 41.3 Å². The van der Waals surface area contributed by atoms with Crippen molar-refractivity contribution in [2.24, 2.45) is 12.8 Å². The van der Waals surface area contributed by atoms with Crippen molar-refractivity contribution in [2.45, 2.75) is 12.8 Å². The number of benzene rings is 1. The van der Waals surface area contributed by atoms with Crippen LogP contribution in [0.2, 0.25) is 0 Å². The summed E-state index contributed by atoms with van der Waals surface area (Å²) < 4.78 is 1.70. The van der Waals surface area contributed by atoms with Gasteiger partial charge in [-0.15, -0.1) is 5.10 Å². The van der Waals surface area contributed by atoms with E-state index >= 15 is 0 Å². The molecule has 6 heteroatoms. The van der Waals surface area contributed by atoms with Crippen LogP contribution in [0.3, 0.4) is 0 Å². The Bertz CT molecular complexity index is 696. The molecule has 2 heterocycles. The van der Waals surface area contributed by atoms with Crippen LogP contribution in [0.1, 0.15) is 17.0 Å². The molecule has 3 aromatic rings. The van der Waals surface area contributed by atoms with Crippen LogP contribution in [0, 0.1) is 0 Å². The van der Waals surface area contributed by atoms with E-state index in [0.29, 0.717) is 6.54 Å². The average Bonchev–Trinajstić information content (AvgIpc) is 2.98. The van der Waals surface area contributed by atoms with E-state index in [0.717, 1.165) is 24.2 Å².